The molecule has 1 fully saturated rings. The molecule has 0 amide bonds. The van der Waals surface area contributed by atoms with E-state index in [4.69, 9.17) is 0 Å². The van der Waals surface area contributed by atoms with E-state index in [0.717, 1.165) is 24.6 Å². The standard InChI is InChI=1S/C14H17N3/c1-15-12-5-4-11-6-7-16-14(13(11)10-12)17-8-2-3-9-17/h4-7,10,15H,2-3,8-9H2,1H3. The van der Waals surface area contributed by atoms with Crippen molar-refractivity contribution in [3.63, 3.8) is 0 Å². The third kappa shape index (κ3) is 1.82. The van der Waals surface area contributed by atoms with Gasteiger partial charge in [0.25, 0.3) is 0 Å². The third-order valence-electron chi connectivity index (χ3n) is 3.44. The van der Waals surface area contributed by atoms with Gasteiger partial charge < -0.3 is 10.2 Å². The number of pyridine rings is 1. The molecule has 1 aliphatic rings. The van der Waals surface area contributed by atoms with Crippen molar-refractivity contribution in [3.05, 3.63) is 30.5 Å². The molecule has 2 heterocycles. The molecule has 88 valence electrons. The van der Waals surface area contributed by atoms with Gasteiger partial charge in [0, 0.05) is 37.4 Å². The summed E-state index contributed by atoms with van der Waals surface area (Å²) in [5.41, 5.74) is 1.14. The Labute approximate surface area is 101 Å². The van der Waals surface area contributed by atoms with Gasteiger partial charge in [-0.3, -0.25) is 0 Å². The quantitative estimate of drug-likeness (QED) is 0.855. The summed E-state index contributed by atoms with van der Waals surface area (Å²) in [7, 11) is 1.95. The van der Waals surface area contributed by atoms with Gasteiger partial charge >= 0.3 is 0 Å². The summed E-state index contributed by atoms with van der Waals surface area (Å²) in [5, 5.41) is 5.71. The first kappa shape index (κ1) is 10.4. The first-order valence-electron chi connectivity index (χ1n) is 6.20. The van der Waals surface area contributed by atoms with Crippen LogP contribution < -0.4 is 10.2 Å². The van der Waals surface area contributed by atoms with Gasteiger partial charge in [0.15, 0.2) is 0 Å². The van der Waals surface area contributed by atoms with Crippen molar-refractivity contribution in [1.82, 2.24) is 4.98 Å². The molecular weight excluding hydrogens is 210 g/mol. The molecule has 1 aliphatic heterocycles. The Balaban J connectivity index is 2.15. The van der Waals surface area contributed by atoms with E-state index in [9.17, 15) is 0 Å². The van der Waals surface area contributed by atoms with Crippen molar-refractivity contribution in [1.29, 1.82) is 0 Å². The maximum absolute atomic E-state index is 4.56. The van der Waals surface area contributed by atoms with Crippen molar-refractivity contribution in [2.24, 2.45) is 0 Å². The Kier molecular flexibility index (Phi) is 2.59. The Morgan fingerprint density at radius 3 is 2.76 bits per heavy atom. The molecule has 1 aromatic heterocycles. The highest BCUT2D eigenvalue weighted by Gasteiger charge is 2.15. The molecule has 2 aromatic rings. The number of nitrogens with one attached hydrogen (secondary N) is 1. The van der Waals surface area contributed by atoms with Crippen LogP contribution in [0, 0.1) is 0 Å². The largest absolute Gasteiger partial charge is 0.388 e. The van der Waals surface area contributed by atoms with Gasteiger partial charge in [0.1, 0.15) is 5.82 Å². The molecule has 0 aliphatic carbocycles. The van der Waals surface area contributed by atoms with Gasteiger partial charge in [0.05, 0.1) is 0 Å². The second-order valence-electron chi connectivity index (χ2n) is 4.51. The number of nitrogens with zero attached hydrogens (tertiary/aromatic N) is 2. The number of benzene rings is 1. The van der Waals surface area contributed by atoms with E-state index < -0.39 is 0 Å². The van der Waals surface area contributed by atoms with E-state index in [-0.39, 0.29) is 0 Å². The smallest absolute Gasteiger partial charge is 0.136 e. The van der Waals surface area contributed by atoms with Crippen molar-refractivity contribution < 1.29 is 0 Å². The fraction of sp³-hybridized carbons (Fsp3) is 0.357. The van der Waals surface area contributed by atoms with Crippen LogP contribution in [-0.2, 0) is 0 Å². The van der Waals surface area contributed by atoms with E-state index in [2.05, 4.69) is 39.5 Å². The molecule has 0 atom stereocenters. The minimum Gasteiger partial charge on any atom is -0.388 e. The number of hydrogen-bond acceptors (Lipinski definition) is 3. The second kappa shape index (κ2) is 4.24. The average molecular weight is 227 g/mol. The molecule has 0 unspecified atom stereocenters. The van der Waals surface area contributed by atoms with Crippen LogP contribution in [0.1, 0.15) is 12.8 Å². The number of rotatable bonds is 2. The zero-order valence-electron chi connectivity index (χ0n) is 10.1. The average Bonchev–Trinajstić information content (AvgIpc) is 2.91. The number of fused-ring (bicyclic) bond motifs is 1. The maximum Gasteiger partial charge on any atom is 0.136 e. The van der Waals surface area contributed by atoms with Crippen molar-refractivity contribution >= 4 is 22.3 Å². The minimum absolute atomic E-state index is 1.13. The molecule has 1 saturated heterocycles. The molecule has 1 N–H and O–H groups in total. The zero-order chi connectivity index (χ0) is 11.7. The third-order valence-corrected chi connectivity index (χ3v) is 3.44. The summed E-state index contributed by atoms with van der Waals surface area (Å²) in [5.74, 6) is 1.14. The van der Waals surface area contributed by atoms with Gasteiger partial charge in [-0.2, -0.15) is 0 Å². The second-order valence-corrected chi connectivity index (χ2v) is 4.51. The molecular formula is C14H17N3. The van der Waals surface area contributed by atoms with Gasteiger partial charge in [-0.05, 0) is 36.4 Å². The van der Waals surface area contributed by atoms with Gasteiger partial charge in [0.2, 0.25) is 0 Å². The normalized spacial score (nSPS) is 15.5. The molecule has 17 heavy (non-hydrogen) atoms. The van der Waals surface area contributed by atoms with Crippen LogP contribution in [0.25, 0.3) is 10.8 Å². The first-order valence-corrected chi connectivity index (χ1v) is 6.20. The van der Waals surface area contributed by atoms with Crippen molar-refractivity contribution in [2.75, 3.05) is 30.4 Å². The van der Waals surface area contributed by atoms with Crippen molar-refractivity contribution in [3.8, 4) is 0 Å². The molecule has 0 radical (unpaired) electrons. The van der Waals surface area contributed by atoms with E-state index in [0.29, 0.717) is 0 Å². The molecule has 3 nitrogen and oxygen atoms in total. The maximum atomic E-state index is 4.56. The zero-order valence-corrected chi connectivity index (χ0v) is 10.1. The summed E-state index contributed by atoms with van der Waals surface area (Å²) in [4.78, 5) is 6.95. The van der Waals surface area contributed by atoms with Crippen molar-refractivity contribution in [2.45, 2.75) is 12.8 Å². The molecule has 1 aromatic carbocycles. The van der Waals surface area contributed by atoms with Crippen LogP contribution in [0.5, 0.6) is 0 Å². The van der Waals surface area contributed by atoms with Crippen LogP contribution in [0.15, 0.2) is 30.5 Å². The SMILES string of the molecule is CNc1ccc2ccnc(N3CCCC3)c2c1. The lowest BCUT2D eigenvalue weighted by Gasteiger charge is -2.18. The molecule has 0 spiro atoms. The Morgan fingerprint density at radius 2 is 2.00 bits per heavy atom. The fourth-order valence-corrected chi connectivity index (χ4v) is 2.49. The summed E-state index contributed by atoms with van der Waals surface area (Å²) < 4.78 is 0. The lowest BCUT2D eigenvalue weighted by atomic mass is 10.1. The number of hydrogen-bond donors (Lipinski definition) is 1. The summed E-state index contributed by atoms with van der Waals surface area (Å²) in [6.07, 6.45) is 4.47. The predicted octanol–water partition coefficient (Wildman–Crippen LogP) is 2.88. The number of aromatic nitrogens is 1. The van der Waals surface area contributed by atoms with E-state index in [1.54, 1.807) is 0 Å². The van der Waals surface area contributed by atoms with Gasteiger partial charge in [-0.1, -0.05) is 6.07 Å². The van der Waals surface area contributed by atoms with Crippen LogP contribution >= 0.6 is 0 Å². The Hall–Kier alpha value is -1.77. The lowest BCUT2D eigenvalue weighted by molar-refractivity contribution is 0.946. The molecule has 3 heteroatoms. The van der Waals surface area contributed by atoms with Crippen LogP contribution in [0.3, 0.4) is 0 Å². The highest BCUT2D eigenvalue weighted by molar-refractivity contribution is 5.94. The van der Waals surface area contributed by atoms with Crippen LogP contribution in [0.2, 0.25) is 0 Å². The predicted molar refractivity (Wildman–Crippen MR) is 72.7 cm³/mol. The van der Waals surface area contributed by atoms with E-state index >= 15 is 0 Å². The molecule has 0 saturated carbocycles. The van der Waals surface area contributed by atoms with Gasteiger partial charge in [-0.15, -0.1) is 0 Å². The summed E-state index contributed by atoms with van der Waals surface area (Å²) in [6.45, 7) is 2.27. The molecule has 3 rings (SSSR count). The van der Waals surface area contributed by atoms with E-state index in [1.165, 1.54) is 23.6 Å². The van der Waals surface area contributed by atoms with Gasteiger partial charge in [-0.25, -0.2) is 4.98 Å². The monoisotopic (exact) mass is 227 g/mol. The topological polar surface area (TPSA) is 28.2 Å². The van der Waals surface area contributed by atoms with Crippen LogP contribution in [0.4, 0.5) is 11.5 Å². The Bertz CT molecular complexity index is 530. The minimum atomic E-state index is 1.13. The highest BCUT2D eigenvalue weighted by atomic mass is 15.2. The molecule has 0 bridgehead atoms. The lowest BCUT2D eigenvalue weighted by Crippen LogP contribution is -2.19. The fourth-order valence-electron chi connectivity index (χ4n) is 2.49. The highest BCUT2D eigenvalue weighted by Crippen LogP contribution is 2.29. The summed E-state index contributed by atoms with van der Waals surface area (Å²) >= 11 is 0. The first-order chi connectivity index (χ1) is 8.38. The van der Waals surface area contributed by atoms with Crippen LogP contribution in [-0.4, -0.2) is 25.1 Å². The number of anilines is 2. The van der Waals surface area contributed by atoms with E-state index in [1.807, 2.05) is 13.2 Å². The Morgan fingerprint density at radius 1 is 1.18 bits per heavy atom. The summed E-state index contributed by atoms with van der Waals surface area (Å²) in [6, 6.07) is 8.53.